The van der Waals surface area contributed by atoms with Gasteiger partial charge in [0.15, 0.2) is 0 Å². The molecule has 122 valence electrons. The van der Waals surface area contributed by atoms with E-state index >= 15 is 0 Å². The van der Waals surface area contributed by atoms with E-state index in [1.807, 2.05) is 0 Å². The van der Waals surface area contributed by atoms with Crippen LogP contribution in [0.5, 0.6) is 5.75 Å². The first-order chi connectivity index (χ1) is 10.6. The molecule has 3 nitrogen and oxygen atoms in total. The predicted molar refractivity (Wildman–Crippen MR) is 89.8 cm³/mol. The predicted octanol–water partition coefficient (Wildman–Crippen LogP) is 3.40. The number of ether oxygens (including phenoxy) is 2. The summed E-state index contributed by atoms with van der Waals surface area (Å²) in [5.74, 6) is 1.08. The smallest absolute Gasteiger partial charge is 0.123 e. The van der Waals surface area contributed by atoms with Crippen molar-refractivity contribution in [1.82, 2.24) is 4.90 Å². The van der Waals surface area contributed by atoms with Crippen LogP contribution < -0.4 is 4.74 Å². The van der Waals surface area contributed by atoms with Crippen LogP contribution in [0.15, 0.2) is 18.2 Å². The van der Waals surface area contributed by atoms with Gasteiger partial charge in [-0.15, -0.1) is 0 Å². The number of methoxy groups -OCH3 is 1. The van der Waals surface area contributed by atoms with Gasteiger partial charge in [-0.2, -0.15) is 0 Å². The number of hydrogen-bond acceptors (Lipinski definition) is 3. The van der Waals surface area contributed by atoms with Crippen LogP contribution in [0.25, 0.3) is 0 Å². The van der Waals surface area contributed by atoms with Crippen molar-refractivity contribution >= 4 is 0 Å². The first-order valence-electron chi connectivity index (χ1n) is 8.58. The van der Waals surface area contributed by atoms with Crippen molar-refractivity contribution in [2.24, 2.45) is 0 Å². The van der Waals surface area contributed by atoms with Crippen molar-refractivity contribution in [3.8, 4) is 5.75 Å². The molecule has 3 rings (SSSR count). The van der Waals surface area contributed by atoms with Gasteiger partial charge in [0, 0.05) is 18.7 Å². The summed E-state index contributed by atoms with van der Waals surface area (Å²) in [6.07, 6.45) is 6.37. The van der Waals surface area contributed by atoms with E-state index < -0.39 is 0 Å². The maximum Gasteiger partial charge on any atom is 0.123 e. The minimum absolute atomic E-state index is 0.252. The van der Waals surface area contributed by atoms with E-state index in [0.29, 0.717) is 13.2 Å². The summed E-state index contributed by atoms with van der Waals surface area (Å²) in [6.45, 7) is 4.96. The summed E-state index contributed by atoms with van der Waals surface area (Å²) in [4.78, 5) is 2.54. The fourth-order valence-electron chi connectivity index (χ4n) is 4.32. The van der Waals surface area contributed by atoms with Gasteiger partial charge in [-0.05, 0) is 62.7 Å². The molecular formula is C19H29NO2. The summed E-state index contributed by atoms with van der Waals surface area (Å²) in [6, 6.07) is 7.27. The molecule has 1 aliphatic carbocycles. The van der Waals surface area contributed by atoms with E-state index in [1.54, 1.807) is 7.11 Å². The van der Waals surface area contributed by atoms with Crippen LogP contribution in [-0.4, -0.2) is 44.9 Å². The zero-order chi connectivity index (χ0) is 15.6. The van der Waals surface area contributed by atoms with Crippen molar-refractivity contribution in [2.75, 3.05) is 33.9 Å². The molecule has 1 saturated heterocycles. The maximum absolute atomic E-state index is 6.04. The van der Waals surface area contributed by atoms with Crippen molar-refractivity contribution < 1.29 is 9.47 Å². The number of hydrogen-bond donors (Lipinski definition) is 0. The lowest BCUT2D eigenvalue weighted by Crippen LogP contribution is -2.33. The topological polar surface area (TPSA) is 21.7 Å². The second-order valence-electron chi connectivity index (χ2n) is 7.17. The molecule has 1 aliphatic heterocycles. The van der Waals surface area contributed by atoms with Crippen LogP contribution in [0.2, 0.25) is 0 Å². The van der Waals surface area contributed by atoms with Gasteiger partial charge in [0.1, 0.15) is 12.4 Å². The van der Waals surface area contributed by atoms with Crippen LogP contribution >= 0.6 is 0 Å². The average molecular weight is 303 g/mol. The third-order valence-electron chi connectivity index (χ3n) is 5.56. The molecule has 0 amide bonds. The molecule has 0 radical (unpaired) electrons. The molecule has 1 heterocycles. The first-order valence-corrected chi connectivity index (χ1v) is 8.58. The number of rotatable bonds is 6. The van der Waals surface area contributed by atoms with Gasteiger partial charge in [0.2, 0.25) is 0 Å². The molecule has 0 bridgehead atoms. The third kappa shape index (κ3) is 3.02. The van der Waals surface area contributed by atoms with Crippen molar-refractivity contribution in [1.29, 1.82) is 0 Å². The quantitative estimate of drug-likeness (QED) is 0.752. The minimum Gasteiger partial charge on any atom is -0.491 e. The third-order valence-corrected chi connectivity index (χ3v) is 5.56. The van der Waals surface area contributed by atoms with E-state index in [1.165, 1.54) is 49.8 Å². The molecule has 0 N–H and O–H groups in total. The van der Waals surface area contributed by atoms with Gasteiger partial charge in [-0.3, -0.25) is 0 Å². The summed E-state index contributed by atoms with van der Waals surface area (Å²) in [7, 11) is 4.00. The Morgan fingerprint density at radius 2 is 2.18 bits per heavy atom. The lowest BCUT2D eigenvalue weighted by atomic mass is 9.77. The monoisotopic (exact) mass is 303 g/mol. The van der Waals surface area contributed by atoms with E-state index in [-0.39, 0.29) is 5.41 Å². The van der Waals surface area contributed by atoms with Crippen LogP contribution in [0.1, 0.15) is 43.7 Å². The molecule has 1 aromatic rings. The zero-order valence-corrected chi connectivity index (χ0v) is 14.2. The van der Waals surface area contributed by atoms with Crippen molar-refractivity contribution in [3.05, 3.63) is 29.3 Å². The standard InChI is InChI=1S/C19H29NO2/c1-19(14-16-7-5-11-20(16)2)10-9-15-6-4-8-17(18(15)19)22-13-12-21-3/h4,6,8,16H,5,7,9-14H2,1-3H3/t16-,19+/m1/s1. The average Bonchev–Trinajstić information content (AvgIpc) is 3.05. The fourth-order valence-corrected chi connectivity index (χ4v) is 4.32. The molecule has 0 saturated carbocycles. The Labute approximate surface area is 134 Å². The number of likely N-dealkylation sites (tertiary alicyclic amines) is 1. The van der Waals surface area contributed by atoms with Gasteiger partial charge in [0.25, 0.3) is 0 Å². The van der Waals surface area contributed by atoms with Gasteiger partial charge in [0.05, 0.1) is 6.61 Å². The molecule has 2 aliphatic rings. The highest BCUT2D eigenvalue weighted by molar-refractivity contribution is 5.49. The van der Waals surface area contributed by atoms with Crippen LogP contribution in [-0.2, 0) is 16.6 Å². The van der Waals surface area contributed by atoms with E-state index in [4.69, 9.17) is 9.47 Å². The Morgan fingerprint density at radius 1 is 1.32 bits per heavy atom. The maximum atomic E-state index is 6.04. The Hall–Kier alpha value is -1.06. The van der Waals surface area contributed by atoms with Crippen LogP contribution in [0.4, 0.5) is 0 Å². The van der Waals surface area contributed by atoms with Crippen LogP contribution in [0.3, 0.4) is 0 Å². The number of aryl methyl sites for hydroxylation is 1. The fraction of sp³-hybridized carbons (Fsp3) is 0.684. The van der Waals surface area contributed by atoms with Gasteiger partial charge >= 0.3 is 0 Å². The highest BCUT2D eigenvalue weighted by Gasteiger charge is 2.40. The first kappa shape index (κ1) is 15.8. The summed E-state index contributed by atoms with van der Waals surface area (Å²) < 4.78 is 11.2. The van der Waals surface area contributed by atoms with Crippen molar-refractivity contribution in [2.45, 2.75) is 50.5 Å². The Kier molecular flexibility index (Phi) is 4.74. The molecule has 0 spiro atoms. The summed E-state index contributed by atoms with van der Waals surface area (Å²) in [5.41, 5.74) is 3.20. The number of fused-ring (bicyclic) bond motifs is 1. The Bertz CT molecular complexity index is 516. The molecule has 1 aromatic carbocycles. The molecule has 0 unspecified atom stereocenters. The Morgan fingerprint density at radius 3 is 2.91 bits per heavy atom. The molecule has 2 atom stereocenters. The highest BCUT2D eigenvalue weighted by Crippen LogP contribution is 2.47. The zero-order valence-electron chi connectivity index (χ0n) is 14.2. The molecule has 0 aromatic heterocycles. The van der Waals surface area contributed by atoms with Crippen molar-refractivity contribution in [3.63, 3.8) is 0 Å². The van der Waals surface area contributed by atoms with Gasteiger partial charge in [-0.25, -0.2) is 0 Å². The van der Waals surface area contributed by atoms with Crippen LogP contribution in [0, 0.1) is 0 Å². The summed E-state index contributed by atoms with van der Waals surface area (Å²) >= 11 is 0. The Balaban J connectivity index is 1.82. The SMILES string of the molecule is COCCOc1cccc2c1[C@](C)(C[C@H]1CCCN1C)CC2. The van der Waals surface area contributed by atoms with E-state index in [9.17, 15) is 0 Å². The minimum atomic E-state index is 0.252. The molecule has 22 heavy (non-hydrogen) atoms. The normalized spacial score (nSPS) is 28.0. The van der Waals surface area contributed by atoms with Gasteiger partial charge < -0.3 is 14.4 Å². The molecular weight excluding hydrogens is 274 g/mol. The largest absolute Gasteiger partial charge is 0.491 e. The molecule has 1 fully saturated rings. The highest BCUT2D eigenvalue weighted by atomic mass is 16.5. The second-order valence-corrected chi connectivity index (χ2v) is 7.17. The number of benzene rings is 1. The number of nitrogens with zero attached hydrogens (tertiary/aromatic N) is 1. The second kappa shape index (κ2) is 6.59. The molecule has 3 heteroatoms. The van der Waals surface area contributed by atoms with E-state index in [2.05, 4.69) is 37.1 Å². The summed E-state index contributed by atoms with van der Waals surface area (Å²) in [5, 5.41) is 0. The lowest BCUT2D eigenvalue weighted by molar-refractivity contribution is 0.144. The van der Waals surface area contributed by atoms with Gasteiger partial charge in [-0.1, -0.05) is 19.1 Å². The van der Waals surface area contributed by atoms with E-state index in [0.717, 1.165) is 11.8 Å². The lowest BCUT2D eigenvalue weighted by Gasteiger charge is -2.33.